The van der Waals surface area contributed by atoms with Gasteiger partial charge >= 0.3 is 40.9 Å². The van der Waals surface area contributed by atoms with Gasteiger partial charge < -0.3 is 26.6 Å². The number of fused-ring (bicyclic) bond motifs is 1. The third kappa shape index (κ3) is 8.23. The molecule has 0 bridgehead atoms. The van der Waals surface area contributed by atoms with Crippen molar-refractivity contribution in [2.45, 2.75) is 78.0 Å². The molecule has 45 heavy (non-hydrogen) atoms. The minimum Gasteiger partial charge on any atom is -0.370 e. The zero-order valence-electron chi connectivity index (χ0n) is 26.2. The van der Waals surface area contributed by atoms with E-state index in [1.807, 2.05) is 39.0 Å². The van der Waals surface area contributed by atoms with Gasteiger partial charge in [-0.2, -0.15) is 35.1 Å². The number of hydrogen-bond acceptors (Lipinski definition) is 6. The number of benzene rings is 2. The van der Waals surface area contributed by atoms with E-state index in [0.717, 1.165) is 31.3 Å². The smallest absolute Gasteiger partial charge is 0.370 e. The summed E-state index contributed by atoms with van der Waals surface area (Å²) in [4.78, 5) is 0. The monoisotopic (exact) mass is 700 g/mol. The fourth-order valence-corrected chi connectivity index (χ4v) is 9.43. The first-order valence-corrected chi connectivity index (χ1v) is 17.8. The molecular weight excluding hydrogens is 659 g/mol. The van der Waals surface area contributed by atoms with Crippen molar-refractivity contribution in [2.75, 3.05) is 39.6 Å². The normalized spacial score (nSPS) is 14.3. The van der Waals surface area contributed by atoms with E-state index in [2.05, 4.69) is 37.5 Å². The topological polar surface area (TPSA) is 55.4 Å². The molecule has 0 amide bonds. The van der Waals surface area contributed by atoms with Crippen molar-refractivity contribution in [3.8, 4) is 0 Å². The Labute approximate surface area is 259 Å². The van der Waals surface area contributed by atoms with Gasteiger partial charge in [-0.3, -0.25) is 0 Å². The number of alkyl halides is 9. The molecule has 0 aliphatic carbocycles. The average molecular weight is 701 g/mol. The Bertz CT molecular complexity index is 1140. The molecule has 1 atom stereocenters. The molecular formula is C28H41F9O6Si2. The maximum atomic E-state index is 14.4. The van der Waals surface area contributed by atoms with Gasteiger partial charge in [-0.1, -0.05) is 42.5 Å². The predicted octanol–water partition coefficient (Wildman–Crippen LogP) is 7.57. The van der Waals surface area contributed by atoms with Gasteiger partial charge in [0.1, 0.15) is 0 Å². The molecule has 0 spiro atoms. The Morgan fingerprint density at radius 1 is 0.578 bits per heavy atom. The summed E-state index contributed by atoms with van der Waals surface area (Å²) < 4.78 is 154. The van der Waals surface area contributed by atoms with E-state index in [0.29, 0.717) is 19.8 Å². The van der Waals surface area contributed by atoms with E-state index in [9.17, 15) is 39.5 Å². The van der Waals surface area contributed by atoms with Crippen molar-refractivity contribution in [3.63, 3.8) is 0 Å². The fourth-order valence-electron chi connectivity index (χ4n) is 4.24. The Hall–Kier alpha value is -1.74. The van der Waals surface area contributed by atoms with Crippen LogP contribution >= 0.6 is 0 Å². The van der Waals surface area contributed by atoms with Gasteiger partial charge in [0, 0.05) is 44.8 Å². The second-order valence-corrected chi connectivity index (χ2v) is 14.3. The average Bonchev–Trinajstić information content (AvgIpc) is 2.97. The lowest BCUT2D eigenvalue weighted by atomic mass is 10.0. The van der Waals surface area contributed by atoms with Crippen LogP contribution in [-0.2, 0) is 26.6 Å². The van der Waals surface area contributed by atoms with Gasteiger partial charge in [0.2, 0.25) is 0 Å². The van der Waals surface area contributed by atoms with Crippen LogP contribution in [0.1, 0.15) is 48.5 Å². The molecule has 0 heterocycles. The number of rotatable bonds is 18. The van der Waals surface area contributed by atoms with Gasteiger partial charge in [0.05, 0.1) is 0 Å². The second kappa shape index (κ2) is 16.9. The van der Waals surface area contributed by atoms with Crippen LogP contribution in [0, 0.1) is 0 Å². The van der Waals surface area contributed by atoms with Crippen molar-refractivity contribution in [3.05, 3.63) is 42.5 Å². The zero-order valence-corrected chi connectivity index (χ0v) is 28.2. The van der Waals surface area contributed by atoms with Crippen LogP contribution in [-0.4, -0.2) is 86.7 Å². The first-order valence-electron chi connectivity index (χ1n) is 14.4. The van der Waals surface area contributed by atoms with E-state index in [4.69, 9.17) is 13.3 Å². The minimum atomic E-state index is -6.75. The van der Waals surface area contributed by atoms with Crippen LogP contribution < -0.4 is 5.19 Å². The van der Waals surface area contributed by atoms with Crippen molar-refractivity contribution in [2.24, 2.45) is 0 Å². The van der Waals surface area contributed by atoms with Crippen molar-refractivity contribution >= 4 is 33.6 Å². The summed E-state index contributed by atoms with van der Waals surface area (Å²) in [5.41, 5.74) is -5.97. The highest BCUT2D eigenvalue weighted by atomic mass is 28.4. The quantitative estimate of drug-likeness (QED) is 0.118. The van der Waals surface area contributed by atoms with E-state index < -0.39 is 66.9 Å². The Morgan fingerprint density at radius 3 is 1.38 bits per heavy atom. The lowest BCUT2D eigenvalue weighted by molar-refractivity contribution is -0.366. The zero-order chi connectivity index (χ0) is 34.7. The van der Waals surface area contributed by atoms with Crippen LogP contribution in [0.2, 0.25) is 0 Å². The number of halogens is 9. The lowest BCUT2D eigenvalue weighted by Crippen LogP contribution is -2.75. The molecule has 0 saturated carbocycles. The Morgan fingerprint density at radius 2 is 0.978 bits per heavy atom. The molecule has 2 aromatic rings. The van der Waals surface area contributed by atoms with Gasteiger partial charge in [-0.05, 0) is 59.2 Å². The van der Waals surface area contributed by atoms with E-state index in [1.54, 1.807) is 0 Å². The summed E-state index contributed by atoms with van der Waals surface area (Å²) in [5.74, 6) is -19.6. The molecule has 0 aliphatic rings. The molecule has 0 aliphatic heterocycles. The molecule has 0 fully saturated rings. The molecule has 2 aromatic carbocycles. The molecule has 260 valence electrons. The fraction of sp³-hybridized carbons (Fsp3) is 0.643. The second-order valence-electron chi connectivity index (χ2n) is 9.20. The van der Waals surface area contributed by atoms with E-state index in [1.165, 1.54) is 5.39 Å². The van der Waals surface area contributed by atoms with Crippen LogP contribution in [0.5, 0.6) is 0 Å². The van der Waals surface area contributed by atoms with Crippen LogP contribution in [0.4, 0.5) is 39.5 Å². The first-order chi connectivity index (χ1) is 20.9. The summed E-state index contributed by atoms with van der Waals surface area (Å²) in [6.45, 7) is 8.57. The highest BCUT2D eigenvalue weighted by molar-refractivity contribution is 6.77. The SMILES string of the molecule is CCO[Si](OCC)(OCC)C(F)(F)C(F)(F)C(F)(F)C(F)(F)C(C)F.CCO[Si](OCC)(OCC)c1cccc2ccccc12. The summed E-state index contributed by atoms with van der Waals surface area (Å²) in [5, 5.41) is 3.39. The van der Waals surface area contributed by atoms with Crippen LogP contribution in [0.25, 0.3) is 10.8 Å². The minimum absolute atomic E-state index is 0.152. The first kappa shape index (κ1) is 41.3. The lowest BCUT2D eigenvalue weighted by Gasteiger charge is -2.42. The van der Waals surface area contributed by atoms with Gasteiger partial charge in [-0.15, -0.1) is 0 Å². The molecule has 0 aromatic heterocycles. The van der Waals surface area contributed by atoms with E-state index >= 15 is 0 Å². The maximum Gasteiger partial charge on any atom is 0.582 e. The van der Waals surface area contributed by atoms with Crippen molar-refractivity contribution < 1.29 is 66.1 Å². The number of hydrogen-bond donors (Lipinski definition) is 0. The van der Waals surface area contributed by atoms with Gasteiger partial charge in [0.15, 0.2) is 6.17 Å². The van der Waals surface area contributed by atoms with Crippen LogP contribution in [0.3, 0.4) is 0 Å². The van der Waals surface area contributed by atoms with Gasteiger partial charge in [0.25, 0.3) is 0 Å². The highest BCUT2D eigenvalue weighted by Gasteiger charge is 2.89. The standard InChI is InChI=1S/C16H22O3Si.C12H19F9O3Si/c1-4-17-20(18-5-2,19-6-3)16-13-9-11-14-10-7-8-12-15(14)16;1-5-22-25(23-6-2,24-7-3)12(20,21)11(18,19)10(16,17)9(14,15)8(4)13/h7-13H,4-6H2,1-3H3;8H,5-7H2,1-4H3. The Balaban J connectivity index is 0.000000459. The third-order valence-corrected chi connectivity index (χ3v) is 12.4. The molecule has 1 unspecified atom stereocenters. The van der Waals surface area contributed by atoms with Crippen molar-refractivity contribution in [1.29, 1.82) is 0 Å². The molecule has 0 saturated heterocycles. The van der Waals surface area contributed by atoms with Gasteiger partial charge in [-0.25, -0.2) is 4.39 Å². The third-order valence-electron chi connectivity index (χ3n) is 6.22. The molecule has 17 heteroatoms. The summed E-state index contributed by atoms with van der Waals surface area (Å²) in [6, 6.07) is 14.5. The van der Waals surface area contributed by atoms with E-state index in [-0.39, 0.29) is 6.92 Å². The highest BCUT2D eigenvalue weighted by Crippen LogP contribution is 2.56. The van der Waals surface area contributed by atoms with Crippen molar-refractivity contribution in [1.82, 2.24) is 0 Å². The largest absolute Gasteiger partial charge is 0.582 e. The van der Waals surface area contributed by atoms with Crippen LogP contribution in [0.15, 0.2) is 42.5 Å². The molecule has 0 N–H and O–H groups in total. The molecule has 2 rings (SSSR count). The molecule has 0 radical (unpaired) electrons. The summed E-state index contributed by atoms with van der Waals surface area (Å²) >= 11 is 0. The Kier molecular flexibility index (Phi) is 15.5. The predicted molar refractivity (Wildman–Crippen MR) is 155 cm³/mol. The maximum absolute atomic E-state index is 14.4. The molecule has 6 nitrogen and oxygen atoms in total. The summed E-state index contributed by atoms with van der Waals surface area (Å²) in [6.07, 6.45) is -3.83. The summed E-state index contributed by atoms with van der Waals surface area (Å²) in [7, 11) is -8.74.